The molecular formula is C12H10FN5O. The Morgan fingerprint density at radius 1 is 1.47 bits per heavy atom. The van der Waals surface area contributed by atoms with Gasteiger partial charge in [-0.1, -0.05) is 18.2 Å². The van der Waals surface area contributed by atoms with Gasteiger partial charge < -0.3 is 5.32 Å². The van der Waals surface area contributed by atoms with Crippen LogP contribution in [-0.2, 0) is 17.9 Å². The van der Waals surface area contributed by atoms with E-state index in [9.17, 15) is 9.18 Å². The van der Waals surface area contributed by atoms with Crippen molar-refractivity contribution in [1.29, 1.82) is 5.26 Å². The molecule has 0 radical (unpaired) electrons. The van der Waals surface area contributed by atoms with Crippen molar-refractivity contribution in [2.24, 2.45) is 0 Å². The van der Waals surface area contributed by atoms with Gasteiger partial charge in [0.05, 0.1) is 0 Å². The maximum Gasteiger partial charge on any atom is 0.240 e. The van der Waals surface area contributed by atoms with Gasteiger partial charge in [-0.3, -0.25) is 9.36 Å². The van der Waals surface area contributed by atoms with Gasteiger partial charge in [0.1, 0.15) is 24.8 Å². The summed E-state index contributed by atoms with van der Waals surface area (Å²) in [5.41, 5.74) is 0.403. The van der Waals surface area contributed by atoms with E-state index in [0.29, 0.717) is 5.56 Å². The summed E-state index contributed by atoms with van der Waals surface area (Å²) in [6.45, 7) is 0.0138. The third-order valence-electron chi connectivity index (χ3n) is 2.46. The van der Waals surface area contributed by atoms with Crippen molar-refractivity contribution < 1.29 is 9.18 Å². The van der Waals surface area contributed by atoms with Crippen LogP contribution in [0.4, 0.5) is 4.39 Å². The third-order valence-corrected chi connectivity index (χ3v) is 2.46. The number of carbonyl (C=O) groups is 1. The van der Waals surface area contributed by atoms with E-state index in [4.69, 9.17) is 5.26 Å². The van der Waals surface area contributed by atoms with Gasteiger partial charge in [0.15, 0.2) is 0 Å². The van der Waals surface area contributed by atoms with Gasteiger partial charge >= 0.3 is 0 Å². The number of nitrogens with one attached hydrogen (secondary N) is 1. The minimum absolute atomic E-state index is 0.0565. The molecule has 1 amide bonds. The van der Waals surface area contributed by atoms with Crippen LogP contribution in [0.5, 0.6) is 0 Å². The Balaban J connectivity index is 1.93. The standard InChI is InChI=1S/C12H10FN5O/c13-10-4-2-1-3-9(10)6-15-12(19)7-18-8-16-17-11(18)5-14/h1-4,8H,6-7H2,(H,15,19). The monoisotopic (exact) mass is 259 g/mol. The van der Waals surface area contributed by atoms with Gasteiger partial charge in [-0.25, -0.2) is 4.39 Å². The smallest absolute Gasteiger partial charge is 0.240 e. The lowest BCUT2D eigenvalue weighted by atomic mass is 10.2. The fourth-order valence-corrected chi connectivity index (χ4v) is 1.50. The molecule has 1 aromatic heterocycles. The second-order valence-corrected chi connectivity index (χ2v) is 3.76. The van der Waals surface area contributed by atoms with E-state index in [1.807, 2.05) is 6.07 Å². The predicted octanol–water partition coefficient (Wildman–Crippen LogP) is 0.605. The zero-order chi connectivity index (χ0) is 13.7. The van der Waals surface area contributed by atoms with Gasteiger partial charge in [0.2, 0.25) is 11.7 Å². The number of nitrogens with zero attached hydrogens (tertiary/aromatic N) is 4. The minimum atomic E-state index is -0.371. The molecule has 96 valence electrons. The summed E-state index contributed by atoms with van der Waals surface area (Å²) in [7, 11) is 0. The van der Waals surface area contributed by atoms with Crippen LogP contribution in [0.3, 0.4) is 0 Å². The summed E-state index contributed by atoms with van der Waals surface area (Å²) in [6, 6.07) is 8.01. The van der Waals surface area contributed by atoms with E-state index in [2.05, 4.69) is 15.5 Å². The van der Waals surface area contributed by atoms with Crippen molar-refractivity contribution in [3.8, 4) is 6.07 Å². The van der Waals surface area contributed by atoms with E-state index in [1.54, 1.807) is 18.2 Å². The average Bonchev–Trinajstić information content (AvgIpc) is 2.85. The highest BCUT2D eigenvalue weighted by molar-refractivity contribution is 5.75. The number of aromatic nitrogens is 3. The lowest BCUT2D eigenvalue weighted by Crippen LogP contribution is -2.27. The Morgan fingerprint density at radius 3 is 3.00 bits per heavy atom. The summed E-state index contributed by atoms with van der Waals surface area (Å²) in [5.74, 6) is -0.662. The fraction of sp³-hybridized carbons (Fsp3) is 0.167. The van der Waals surface area contributed by atoms with Crippen molar-refractivity contribution in [3.63, 3.8) is 0 Å². The number of halogens is 1. The Labute approximate surface area is 108 Å². The van der Waals surface area contributed by atoms with Crippen LogP contribution in [0.1, 0.15) is 11.4 Å². The molecule has 0 atom stereocenters. The lowest BCUT2D eigenvalue weighted by molar-refractivity contribution is -0.121. The highest BCUT2D eigenvalue weighted by Crippen LogP contribution is 2.05. The Hall–Kier alpha value is -2.75. The minimum Gasteiger partial charge on any atom is -0.350 e. The molecule has 1 heterocycles. The number of benzene rings is 1. The number of amides is 1. The van der Waals surface area contributed by atoms with Crippen LogP contribution < -0.4 is 5.32 Å². The van der Waals surface area contributed by atoms with E-state index in [1.165, 1.54) is 17.0 Å². The van der Waals surface area contributed by atoms with E-state index < -0.39 is 0 Å². The number of carbonyl (C=O) groups excluding carboxylic acids is 1. The number of hydrogen-bond acceptors (Lipinski definition) is 4. The van der Waals surface area contributed by atoms with Gasteiger partial charge in [-0.15, -0.1) is 10.2 Å². The highest BCUT2D eigenvalue weighted by Gasteiger charge is 2.08. The first kappa shape index (κ1) is 12.7. The van der Waals surface area contributed by atoms with Gasteiger partial charge in [-0.05, 0) is 6.07 Å². The van der Waals surface area contributed by atoms with Crippen molar-refractivity contribution in [1.82, 2.24) is 20.1 Å². The molecule has 2 aromatic rings. The fourth-order valence-electron chi connectivity index (χ4n) is 1.50. The van der Waals surface area contributed by atoms with E-state index in [-0.39, 0.29) is 30.6 Å². The number of nitriles is 1. The van der Waals surface area contributed by atoms with Gasteiger partial charge in [-0.2, -0.15) is 5.26 Å². The normalized spacial score (nSPS) is 9.89. The third kappa shape index (κ3) is 3.13. The Kier molecular flexibility index (Phi) is 3.83. The van der Waals surface area contributed by atoms with Gasteiger partial charge in [0.25, 0.3) is 0 Å². The molecule has 0 aliphatic carbocycles. The quantitative estimate of drug-likeness (QED) is 0.871. The molecule has 0 bridgehead atoms. The second-order valence-electron chi connectivity index (χ2n) is 3.76. The molecule has 2 rings (SSSR count). The second kappa shape index (κ2) is 5.73. The lowest BCUT2D eigenvalue weighted by Gasteiger charge is -2.06. The van der Waals surface area contributed by atoms with Crippen LogP contribution in [-0.4, -0.2) is 20.7 Å². The summed E-state index contributed by atoms with van der Waals surface area (Å²) in [5, 5.41) is 18.3. The SMILES string of the molecule is N#Cc1nncn1CC(=O)NCc1ccccc1F. The predicted molar refractivity (Wildman–Crippen MR) is 63.0 cm³/mol. The molecule has 0 spiro atoms. The van der Waals surface area contributed by atoms with Gasteiger partial charge in [0, 0.05) is 12.1 Å². The summed E-state index contributed by atoms with van der Waals surface area (Å²) in [6.07, 6.45) is 1.29. The Bertz CT molecular complexity index is 631. The van der Waals surface area contributed by atoms with Crippen molar-refractivity contribution >= 4 is 5.91 Å². The van der Waals surface area contributed by atoms with Crippen LogP contribution in [0.15, 0.2) is 30.6 Å². The Morgan fingerprint density at radius 2 is 2.26 bits per heavy atom. The molecule has 19 heavy (non-hydrogen) atoms. The zero-order valence-corrected chi connectivity index (χ0v) is 9.88. The molecule has 6 nitrogen and oxygen atoms in total. The molecule has 0 unspecified atom stereocenters. The summed E-state index contributed by atoms with van der Waals surface area (Å²) < 4.78 is 14.6. The molecule has 0 aliphatic rings. The van der Waals surface area contributed by atoms with Crippen molar-refractivity contribution in [2.75, 3.05) is 0 Å². The van der Waals surface area contributed by atoms with E-state index in [0.717, 1.165) is 0 Å². The number of rotatable bonds is 4. The molecule has 0 aliphatic heterocycles. The molecule has 1 aromatic carbocycles. The number of hydrogen-bond donors (Lipinski definition) is 1. The van der Waals surface area contributed by atoms with Crippen LogP contribution in [0.2, 0.25) is 0 Å². The first-order valence-corrected chi connectivity index (χ1v) is 5.48. The van der Waals surface area contributed by atoms with Crippen molar-refractivity contribution in [3.05, 3.63) is 47.8 Å². The first-order valence-electron chi connectivity index (χ1n) is 5.48. The average molecular weight is 259 g/mol. The van der Waals surface area contributed by atoms with E-state index >= 15 is 0 Å². The highest BCUT2D eigenvalue weighted by atomic mass is 19.1. The van der Waals surface area contributed by atoms with Crippen molar-refractivity contribution in [2.45, 2.75) is 13.1 Å². The van der Waals surface area contributed by atoms with Crippen LogP contribution in [0.25, 0.3) is 0 Å². The van der Waals surface area contributed by atoms with Crippen LogP contribution >= 0.6 is 0 Å². The first-order chi connectivity index (χ1) is 9.20. The maximum absolute atomic E-state index is 13.3. The topological polar surface area (TPSA) is 83.6 Å². The molecule has 1 N–H and O–H groups in total. The largest absolute Gasteiger partial charge is 0.350 e. The van der Waals surface area contributed by atoms with Crippen LogP contribution in [0, 0.1) is 17.1 Å². The summed E-state index contributed by atoms with van der Waals surface area (Å²) >= 11 is 0. The molecule has 0 saturated heterocycles. The molecular weight excluding hydrogens is 249 g/mol. The molecule has 0 saturated carbocycles. The molecule has 7 heteroatoms. The summed E-state index contributed by atoms with van der Waals surface area (Å²) in [4.78, 5) is 11.6. The maximum atomic E-state index is 13.3. The molecule has 0 fully saturated rings. The zero-order valence-electron chi connectivity index (χ0n) is 9.88.